The van der Waals surface area contributed by atoms with Gasteiger partial charge >= 0.3 is 0 Å². The van der Waals surface area contributed by atoms with E-state index in [4.69, 9.17) is 9.47 Å². The van der Waals surface area contributed by atoms with Crippen molar-refractivity contribution >= 4 is 53.7 Å². The zero-order valence-electron chi connectivity index (χ0n) is 39.0. The number of aliphatic hydroxyl groups excluding tert-OH is 1. The number of non-ortho nitro benzene ring substituents is 1. The molecule has 3 fully saturated rings. The lowest BCUT2D eigenvalue weighted by molar-refractivity contribution is -0.385. The fourth-order valence-corrected chi connectivity index (χ4v) is 16.3. The van der Waals surface area contributed by atoms with Crippen LogP contribution in [0, 0.1) is 16.0 Å². The van der Waals surface area contributed by atoms with Crippen molar-refractivity contribution in [3.8, 4) is 5.75 Å². The van der Waals surface area contributed by atoms with Crippen molar-refractivity contribution in [2.24, 2.45) is 5.92 Å². The van der Waals surface area contributed by atoms with Crippen molar-refractivity contribution in [1.82, 2.24) is 10.2 Å². The van der Waals surface area contributed by atoms with E-state index in [-0.39, 0.29) is 48.5 Å². The van der Waals surface area contributed by atoms with Crippen molar-refractivity contribution in [2.45, 2.75) is 87.6 Å². The number of amides is 3. The summed E-state index contributed by atoms with van der Waals surface area (Å²) in [4.78, 5) is 64.7. The van der Waals surface area contributed by atoms with Crippen molar-refractivity contribution in [2.75, 3.05) is 48.2 Å². The van der Waals surface area contributed by atoms with Crippen LogP contribution in [0.3, 0.4) is 0 Å². The number of ether oxygens (including phenoxy) is 2. The first-order valence-corrected chi connectivity index (χ1v) is 26.7. The molecule has 5 aromatic rings. The van der Waals surface area contributed by atoms with Crippen LogP contribution in [0.5, 0.6) is 5.75 Å². The maximum absolute atomic E-state index is 15.8. The zero-order chi connectivity index (χ0) is 47.5. The van der Waals surface area contributed by atoms with Gasteiger partial charge < -0.3 is 34.6 Å². The van der Waals surface area contributed by atoms with Gasteiger partial charge in [0.1, 0.15) is 11.3 Å². The van der Waals surface area contributed by atoms with Crippen molar-refractivity contribution < 1.29 is 33.9 Å². The average Bonchev–Trinajstić information content (AvgIpc) is 3.90. The zero-order valence-corrected chi connectivity index (χ0v) is 40.0. The Bertz CT molecular complexity index is 2770. The number of rotatable bonds is 11. The summed E-state index contributed by atoms with van der Waals surface area (Å²) in [6, 6.07) is 37.8. The second-order valence-electron chi connectivity index (χ2n) is 19.6. The molecule has 0 bridgehead atoms. The minimum atomic E-state index is -2.71. The molecule has 352 valence electrons. The SMILES string of the molecule is COc1ccc([Si](C)(C)[C@H]2[C@H](CC(=O)N3Cc4ccccc4C[C@H]3CO)O[C@@]3(C(=O)N(Cc4cccc(N5CN(c6ccccc6)C6(CCNCC6)C5=O)c4)c4ccc([N+](=O)[O-])cc43)[C@@H]2C)cc1. The molecule has 5 heterocycles. The highest BCUT2D eigenvalue weighted by atomic mass is 28.3. The summed E-state index contributed by atoms with van der Waals surface area (Å²) in [5.41, 5.74) is 2.64. The molecule has 0 saturated carbocycles. The van der Waals surface area contributed by atoms with Crippen LogP contribution in [0.1, 0.15) is 48.4 Å². The molecule has 0 aromatic heterocycles. The van der Waals surface area contributed by atoms with Gasteiger partial charge in [0.2, 0.25) is 5.91 Å². The Kier molecular flexibility index (Phi) is 11.7. The predicted molar refractivity (Wildman–Crippen MR) is 263 cm³/mol. The Balaban J connectivity index is 1.02. The summed E-state index contributed by atoms with van der Waals surface area (Å²) >= 11 is 0. The third-order valence-electron chi connectivity index (χ3n) is 15.8. The minimum Gasteiger partial charge on any atom is -0.497 e. The maximum atomic E-state index is 15.8. The molecule has 68 heavy (non-hydrogen) atoms. The molecule has 3 saturated heterocycles. The molecule has 10 rings (SSSR count). The number of anilines is 3. The Labute approximate surface area is 397 Å². The number of carbonyl (C=O) groups is 3. The Hall–Kier alpha value is -6.39. The normalized spacial score (nSPS) is 24.2. The Morgan fingerprint density at radius 3 is 2.31 bits per heavy atom. The molecule has 2 N–H and O–H groups in total. The molecular weight excluding hydrogens is 877 g/mol. The first-order valence-electron chi connectivity index (χ1n) is 23.7. The summed E-state index contributed by atoms with van der Waals surface area (Å²) in [5, 5.41) is 27.6. The van der Waals surface area contributed by atoms with Gasteiger partial charge in [0.05, 0.1) is 64.2 Å². The molecule has 2 spiro atoms. The number of hydrogen-bond acceptors (Lipinski definition) is 10. The van der Waals surface area contributed by atoms with E-state index in [1.807, 2.05) is 103 Å². The lowest BCUT2D eigenvalue weighted by atomic mass is 9.82. The number of aliphatic hydroxyl groups is 1. The first-order chi connectivity index (χ1) is 32.8. The summed E-state index contributed by atoms with van der Waals surface area (Å²) in [7, 11) is -1.09. The standard InChI is InChI=1S/C53H58N6O8Si/c1-35-49(68(3,4)44-20-18-43(66-2)19-21-44)47(30-48(61)55-32-38-13-9-8-12-37(38)28-42(55)33-60)67-53(35)45-29-41(59(64)65)17-22-46(45)56(51(53)63)31-36-11-10-16-40(27-36)57-34-58(39-14-6-5-7-15-39)52(50(57)62)23-25-54-26-24-52/h5-22,27,29,35,42,47,49,54,60H,23-26,28,30-34H2,1-4H3/t35-,42+,47+,49-,53+/m1/s1. The van der Waals surface area contributed by atoms with Gasteiger partial charge in [-0.3, -0.25) is 29.4 Å². The molecule has 5 aliphatic heterocycles. The molecular formula is C53H58N6O8Si. The van der Waals surface area contributed by atoms with Crippen LogP contribution in [0.2, 0.25) is 18.6 Å². The molecule has 0 aliphatic carbocycles. The van der Waals surface area contributed by atoms with Gasteiger partial charge in [0.25, 0.3) is 17.5 Å². The van der Waals surface area contributed by atoms with E-state index in [2.05, 4.69) is 35.4 Å². The number of benzene rings is 5. The highest BCUT2D eigenvalue weighted by molar-refractivity contribution is 6.91. The number of piperidine rings is 1. The fraction of sp³-hybridized carbons (Fsp3) is 0.377. The number of nitro groups is 1. The predicted octanol–water partition coefficient (Wildman–Crippen LogP) is 6.64. The smallest absolute Gasteiger partial charge is 0.269 e. The largest absolute Gasteiger partial charge is 0.497 e. The number of nitrogens with zero attached hydrogens (tertiary/aromatic N) is 5. The van der Waals surface area contributed by atoms with Crippen LogP contribution in [-0.4, -0.2) is 91.9 Å². The minimum absolute atomic E-state index is 0.0383. The topological polar surface area (TPSA) is 158 Å². The monoisotopic (exact) mass is 934 g/mol. The third-order valence-corrected chi connectivity index (χ3v) is 20.2. The summed E-state index contributed by atoms with van der Waals surface area (Å²) in [5.74, 6) is -0.331. The van der Waals surface area contributed by atoms with E-state index in [1.54, 1.807) is 23.0 Å². The molecule has 5 aromatic carbocycles. The van der Waals surface area contributed by atoms with Crippen LogP contribution in [-0.2, 0) is 44.2 Å². The highest BCUT2D eigenvalue weighted by Crippen LogP contribution is 2.61. The molecule has 14 nitrogen and oxygen atoms in total. The van der Waals surface area contributed by atoms with Gasteiger partial charge in [-0.1, -0.05) is 91.9 Å². The van der Waals surface area contributed by atoms with Crippen LogP contribution in [0.25, 0.3) is 0 Å². The summed E-state index contributed by atoms with van der Waals surface area (Å²) < 4.78 is 12.8. The van der Waals surface area contributed by atoms with Gasteiger partial charge in [-0.2, -0.15) is 0 Å². The van der Waals surface area contributed by atoms with Crippen molar-refractivity contribution in [1.29, 1.82) is 0 Å². The molecule has 3 amide bonds. The number of methoxy groups -OCH3 is 1. The second-order valence-corrected chi connectivity index (χ2v) is 24.3. The summed E-state index contributed by atoms with van der Waals surface area (Å²) in [6.45, 7) is 8.52. The van der Waals surface area contributed by atoms with Crippen LogP contribution in [0.4, 0.5) is 22.7 Å². The molecule has 5 atom stereocenters. The van der Waals surface area contributed by atoms with Gasteiger partial charge in [-0.25, -0.2) is 0 Å². The molecule has 5 aliphatic rings. The van der Waals surface area contributed by atoms with E-state index in [9.17, 15) is 24.8 Å². The van der Waals surface area contributed by atoms with E-state index in [0.717, 1.165) is 40.7 Å². The number of hydrogen-bond donors (Lipinski definition) is 2. The molecule has 15 heteroatoms. The van der Waals surface area contributed by atoms with Crippen LogP contribution < -0.4 is 29.9 Å². The number of nitrogens with one attached hydrogen (secondary N) is 1. The highest BCUT2D eigenvalue weighted by Gasteiger charge is 2.67. The van der Waals surface area contributed by atoms with Crippen LogP contribution in [0.15, 0.2) is 121 Å². The summed E-state index contributed by atoms with van der Waals surface area (Å²) in [6.07, 6.45) is 1.04. The van der Waals surface area contributed by atoms with E-state index < -0.39 is 42.2 Å². The lowest BCUT2D eigenvalue weighted by Gasteiger charge is -2.39. The second kappa shape index (κ2) is 17.6. The van der Waals surface area contributed by atoms with Crippen molar-refractivity contribution in [3.05, 3.63) is 154 Å². The molecule has 0 radical (unpaired) electrons. The molecule has 0 unspecified atom stereocenters. The Morgan fingerprint density at radius 2 is 1.60 bits per heavy atom. The van der Waals surface area contributed by atoms with E-state index >= 15 is 4.79 Å². The first kappa shape index (κ1) is 45.4. The maximum Gasteiger partial charge on any atom is 0.269 e. The fourth-order valence-electron chi connectivity index (χ4n) is 12.3. The van der Waals surface area contributed by atoms with E-state index in [1.165, 1.54) is 12.1 Å². The number of fused-ring (bicyclic) bond motifs is 3. The average molecular weight is 935 g/mol. The number of nitro benzene ring substituents is 1. The van der Waals surface area contributed by atoms with E-state index in [0.29, 0.717) is 55.2 Å². The number of carbonyl (C=O) groups excluding carboxylic acids is 3. The van der Waals surface area contributed by atoms with Gasteiger partial charge in [-0.05, 0) is 97.0 Å². The number of para-hydroxylation sites is 1. The van der Waals surface area contributed by atoms with Gasteiger partial charge in [-0.15, -0.1) is 0 Å². The lowest BCUT2D eigenvalue weighted by Crippen LogP contribution is -2.55. The third kappa shape index (κ3) is 7.38. The van der Waals surface area contributed by atoms with Crippen molar-refractivity contribution in [3.63, 3.8) is 0 Å². The van der Waals surface area contributed by atoms with Crippen LogP contribution >= 0.6 is 0 Å². The quantitative estimate of drug-likeness (QED) is 0.0837. The van der Waals surface area contributed by atoms with Gasteiger partial charge in [0, 0.05) is 41.5 Å². The van der Waals surface area contributed by atoms with Gasteiger partial charge in [0.15, 0.2) is 5.60 Å². The Morgan fingerprint density at radius 1 is 0.897 bits per heavy atom.